The molecular weight excluding hydrogens is 254 g/mol. The molecule has 1 unspecified atom stereocenters. The molecule has 2 rings (SSSR count). The van der Waals surface area contributed by atoms with Crippen LogP contribution in [0.3, 0.4) is 0 Å². The maximum absolute atomic E-state index is 12.4. The van der Waals surface area contributed by atoms with Crippen molar-refractivity contribution in [2.45, 2.75) is 32.4 Å². The van der Waals surface area contributed by atoms with Gasteiger partial charge in [-0.1, -0.05) is 37.3 Å². The SMILES string of the molecule is CCCn1ncnc1CC(=O)C(OC)c1ccccc1. The van der Waals surface area contributed by atoms with Gasteiger partial charge in [-0.25, -0.2) is 9.67 Å². The molecule has 2 aromatic rings. The summed E-state index contributed by atoms with van der Waals surface area (Å²) in [6, 6.07) is 9.49. The van der Waals surface area contributed by atoms with Crippen LogP contribution in [0.2, 0.25) is 0 Å². The van der Waals surface area contributed by atoms with Gasteiger partial charge in [-0.05, 0) is 12.0 Å². The first-order valence-corrected chi connectivity index (χ1v) is 6.73. The zero-order valence-electron chi connectivity index (χ0n) is 11.8. The van der Waals surface area contributed by atoms with Gasteiger partial charge in [0.1, 0.15) is 18.3 Å². The molecule has 0 saturated carbocycles. The van der Waals surface area contributed by atoms with Crippen molar-refractivity contribution in [3.63, 3.8) is 0 Å². The summed E-state index contributed by atoms with van der Waals surface area (Å²) in [7, 11) is 1.55. The zero-order chi connectivity index (χ0) is 14.4. The van der Waals surface area contributed by atoms with Gasteiger partial charge < -0.3 is 4.74 Å². The Morgan fingerprint density at radius 3 is 2.75 bits per heavy atom. The lowest BCUT2D eigenvalue weighted by Gasteiger charge is -2.14. The first-order valence-electron chi connectivity index (χ1n) is 6.73. The minimum Gasteiger partial charge on any atom is -0.369 e. The number of benzene rings is 1. The Bertz CT molecular complexity index is 551. The normalized spacial score (nSPS) is 12.3. The molecule has 1 aromatic heterocycles. The van der Waals surface area contributed by atoms with E-state index in [4.69, 9.17) is 4.74 Å². The molecule has 0 N–H and O–H groups in total. The number of aromatic nitrogens is 3. The second kappa shape index (κ2) is 6.96. The van der Waals surface area contributed by atoms with Crippen LogP contribution < -0.4 is 0 Å². The van der Waals surface area contributed by atoms with Gasteiger partial charge in [-0.3, -0.25) is 4.79 Å². The highest BCUT2D eigenvalue weighted by Gasteiger charge is 2.21. The topological polar surface area (TPSA) is 57.0 Å². The summed E-state index contributed by atoms with van der Waals surface area (Å²) in [4.78, 5) is 16.6. The number of carbonyl (C=O) groups is 1. The van der Waals surface area contributed by atoms with Gasteiger partial charge in [0.05, 0.1) is 6.42 Å². The minimum atomic E-state index is -0.553. The van der Waals surface area contributed by atoms with Gasteiger partial charge in [0, 0.05) is 13.7 Å². The summed E-state index contributed by atoms with van der Waals surface area (Å²) in [5.41, 5.74) is 0.863. The molecule has 0 bridgehead atoms. The number of carbonyl (C=O) groups excluding carboxylic acids is 1. The van der Waals surface area contributed by atoms with Crippen LogP contribution in [0.25, 0.3) is 0 Å². The molecular formula is C15H19N3O2. The zero-order valence-corrected chi connectivity index (χ0v) is 11.8. The van der Waals surface area contributed by atoms with Crippen molar-refractivity contribution in [2.75, 3.05) is 7.11 Å². The van der Waals surface area contributed by atoms with E-state index in [1.807, 2.05) is 30.3 Å². The van der Waals surface area contributed by atoms with E-state index in [9.17, 15) is 4.79 Å². The molecule has 1 atom stereocenters. The Labute approximate surface area is 118 Å². The first kappa shape index (κ1) is 14.4. The molecule has 106 valence electrons. The molecule has 0 radical (unpaired) electrons. The number of aryl methyl sites for hydroxylation is 1. The smallest absolute Gasteiger partial charge is 0.173 e. The van der Waals surface area contributed by atoms with Gasteiger partial charge in [0.15, 0.2) is 5.78 Å². The van der Waals surface area contributed by atoms with Crippen molar-refractivity contribution >= 4 is 5.78 Å². The van der Waals surface area contributed by atoms with Crippen LogP contribution in [-0.2, 0) is 22.5 Å². The Kier molecular flexibility index (Phi) is 5.01. The molecule has 0 aliphatic rings. The third-order valence-electron chi connectivity index (χ3n) is 3.09. The number of methoxy groups -OCH3 is 1. The monoisotopic (exact) mass is 273 g/mol. The van der Waals surface area contributed by atoms with Crippen LogP contribution >= 0.6 is 0 Å². The van der Waals surface area contributed by atoms with E-state index in [0.717, 1.165) is 18.5 Å². The molecule has 5 heteroatoms. The molecule has 1 aromatic carbocycles. The van der Waals surface area contributed by atoms with E-state index < -0.39 is 6.10 Å². The van der Waals surface area contributed by atoms with Crippen LogP contribution in [-0.4, -0.2) is 27.7 Å². The number of nitrogens with zero attached hydrogens (tertiary/aromatic N) is 3. The average Bonchev–Trinajstić information content (AvgIpc) is 2.88. The second-order valence-electron chi connectivity index (χ2n) is 4.57. The van der Waals surface area contributed by atoms with Crippen molar-refractivity contribution in [2.24, 2.45) is 0 Å². The Morgan fingerprint density at radius 1 is 1.35 bits per heavy atom. The lowest BCUT2D eigenvalue weighted by molar-refractivity contribution is -0.128. The largest absolute Gasteiger partial charge is 0.369 e. The summed E-state index contributed by atoms with van der Waals surface area (Å²) in [6.07, 6.45) is 2.12. The van der Waals surface area contributed by atoms with Crippen LogP contribution in [0, 0.1) is 0 Å². The predicted molar refractivity (Wildman–Crippen MR) is 75.2 cm³/mol. The summed E-state index contributed by atoms with van der Waals surface area (Å²) < 4.78 is 7.11. The number of hydrogen-bond acceptors (Lipinski definition) is 4. The third kappa shape index (κ3) is 3.30. The molecule has 0 fully saturated rings. The molecule has 0 saturated heterocycles. The summed E-state index contributed by atoms with van der Waals surface area (Å²) in [5.74, 6) is 0.680. The molecule has 0 spiro atoms. The van der Waals surface area contributed by atoms with Crippen LogP contribution in [0.4, 0.5) is 0 Å². The van der Waals surface area contributed by atoms with Crippen LogP contribution in [0.1, 0.15) is 30.8 Å². The molecule has 0 aliphatic carbocycles. The first-order chi connectivity index (χ1) is 9.76. The Hall–Kier alpha value is -2.01. The van der Waals surface area contributed by atoms with E-state index in [1.54, 1.807) is 11.8 Å². The highest BCUT2D eigenvalue weighted by molar-refractivity contribution is 5.85. The lowest BCUT2D eigenvalue weighted by Crippen LogP contribution is -2.19. The Morgan fingerprint density at radius 2 is 2.10 bits per heavy atom. The maximum Gasteiger partial charge on any atom is 0.173 e. The lowest BCUT2D eigenvalue weighted by atomic mass is 10.0. The van der Waals surface area contributed by atoms with Crippen molar-refractivity contribution in [1.82, 2.24) is 14.8 Å². The van der Waals surface area contributed by atoms with Crippen molar-refractivity contribution < 1.29 is 9.53 Å². The number of Topliss-reactive ketones (excluding diaryl/α,β-unsaturated/α-hetero) is 1. The Balaban J connectivity index is 2.12. The second-order valence-corrected chi connectivity index (χ2v) is 4.57. The summed E-state index contributed by atoms with van der Waals surface area (Å²) in [5, 5.41) is 4.13. The van der Waals surface area contributed by atoms with Crippen LogP contribution in [0.15, 0.2) is 36.7 Å². The average molecular weight is 273 g/mol. The van der Waals surface area contributed by atoms with Crippen molar-refractivity contribution in [3.05, 3.63) is 48.0 Å². The van der Waals surface area contributed by atoms with Gasteiger partial charge in [0.25, 0.3) is 0 Å². The quantitative estimate of drug-likeness (QED) is 0.776. The van der Waals surface area contributed by atoms with E-state index >= 15 is 0 Å². The number of ketones is 1. The predicted octanol–water partition coefficient (Wildman–Crippen LogP) is 2.19. The molecule has 0 amide bonds. The number of hydrogen-bond donors (Lipinski definition) is 0. The molecule has 1 heterocycles. The molecule has 0 aliphatic heterocycles. The molecule has 20 heavy (non-hydrogen) atoms. The fourth-order valence-electron chi connectivity index (χ4n) is 2.15. The fourth-order valence-corrected chi connectivity index (χ4v) is 2.15. The van der Waals surface area contributed by atoms with E-state index in [0.29, 0.717) is 5.82 Å². The standard InChI is InChI=1S/C15H19N3O2/c1-3-9-18-14(16-11-17-18)10-13(19)15(20-2)12-7-5-4-6-8-12/h4-8,11,15H,3,9-10H2,1-2H3. The number of rotatable bonds is 7. The van der Waals surface area contributed by atoms with Crippen molar-refractivity contribution in [1.29, 1.82) is 0 Å². The van der Waals surface area contributed by atoms with Gasteiger partial charge in [0.2, 0.25) is 0 Å². The van der Waals surface area contributed by atoms with Gasteiger partial charge in [-0.15, -0.1) is 0 Å². The highest BCUT2D eigenvalue weighted by atomic mass is 16.5. The van der Waals surface area contributed by atoms with E-state index in [2.05, 4.69) is 17.0 Å². The summed E-state index contributed by atoms with van der Waals surface area (Å²) in [6.45, 7) is 2.83. The molecule has 5 nitrogen and oxygen atoms in total. The third-order valence-corrected chi connectivity index (χ3v) is 3.09. The van der Waals surface area contributed by atoms with Gasteiger partial charge in [-0.2, -0.15) is 5.10 Å². The van der Waals surface area contributed by atoms with E-state index in [1.165, 1.54) is 6.33 Å². The maximum atomic E-state index is 12.4. The minimum absolute atomic E-state index is 0.0101. The summed E-state index contributed by atoms with van der Waals surface area (Å²) >= 11 is 0. The number of ether oxygens (including phenoxy) is 1. The van der Waals surface area contributed by atoms with Crippen molar-refractivity contribution in [3.8, 4) is 0 Å². The highest BCUT2D eigenvalue weighted by Crippen LogP contribution is 2.19. The van der Waals surface area contributed by atoms with E-state index in [-0.39, 0.29) is 12.2 Å². The fraction of sp³-hybridized carbons (Fsp3) is 0.400. The van der Waals surface area contributed by atoms with Crippen LogP contribution in [0.5, 0.6) is 0 Å². The van der Waals surface area contributed by atoms with Gasteiger partial charge >= 0.3 is 0 Å².